The van der Waals surface area contributed by atoms with E-state index in [0.29, 0.717) is 0 Å². The van der Waals surface area contributed by atoms with Gasteiger partial charge in [-0.3, -0.25) is 4.79 Å². The average molecular weight is 218 g/mol. The van der Waals surface area contributed by atoms with Crippen LogP contribution in [0.1, 0.15) is 10.4 Å². The number of nitrogens with two attached hydrogens (primary N) is 1. The third-order valence-electron chi connectivity index (χ3n) is 1.73. The summed E-state index contributed by atoms with van der Waals surface area (Å²) in [6, 6.07) is 2.43. The highest BCUT2D eigenvalue weighted by Crippen LogP contribution is 2.29. The lowest BCUT2D eigenvalue weighted by molar-refractivity contribution is 0.0998. The molecule has 2 N–H and O–H groups in total. The summed E-state index contributed by atoms with van der Waals surface area (Å²) >= 11 is 5.73. The topological polar surface area (TPSA) is 52.3 Å². The van der Waals surface area contributed by atoms with Gasteiger partial charge in [-0.1, -0.05) is 11.6 Å². The van der Waals surface area contributed by atoms with Gasteiger partial charge in [0.2, 0.25) is 0 Å². The first-order chi connectivity index (χ1) is 6.61. The molecule has 0 unspecified atom stereocenters. The largest absolute Gasteiger partial charge is 0.493 e. The van der Waals surface area contributed by atoms with Crippen molar-refractivity contribution in [1.82, 2.24) is 0 Å². The molecule has 3 nitrogen and oxygen atoms in total. The van der Waals surface area contributed by atoms with Crippen LogP contribution in [0, 0.1) is 5.82 Å². The maximum Gasteiger partial charge on any atom is 0.181 e. The summed E-state index contributed by atoms with van der Waals surface area (Å²) in [5, 5.41) is 0.138. The third kappa shape index (κ3) is 1.86. The van der Waals surface area contributed by atoms with Gasteiger partial charge in [0.05, 0.1) is 24.2 Å². The zero-order valence-electron chi connectivity index (χ0n) is 7.51. The standard InChI is InChI=1S/C9H9ClFNO2/c1-14-9-6(11)3-2-5(10)8(9)7(13)4-12/h2-3H,4,12H2,1H3. The van der Waals surface area contributed by atoms with Crippen molar-refractivity contribution in [2.75, 3.05) is 13.7 Å². The van der Waals surface area contributed by atoms with E-state index in [4.69, 9.17) is 22.1 Å². The molecule has 1 aromatic carbocycles. The minimum absolute atomic E-state index is 0.00309. The highest BCUT2D eigenvalue weighted by molar-refractivity contribution is 6.34. The Labute approximate surface area is 85.6 Å². The van der Waals surface area contributed by atoms with E-state index >= 15 is 0 Å². The van der Waals surface area contributed by atoms with Crippen LogP contribution in [0.4, 0.5) is 4.39 Å². The van der Waals surface area contributed by atoms with Gasteiger partial charge in [0.15, 0.2) is 17.3 Å². The van der Waals surface area contributed by atoms with Gasteiger partial charge >= 0.3 is 0 Å². The zero-order chi connectivity index (χ0) is 10.7. The maximum atomic E-state index is 13.2. The molecule has 0 aliphatic rings. The molecule has 76 valence electrons. The number of rotatable bonds is 3. The molecule has 0 aliphatic carbocycles. The molecule has 0 bridgehead atoms. The van der Waals surface area contributed by atoms with E-state index in [9.17, 15) is 9.18 Å². The van der Waals surface area contributed by atoms with E-state index in [1.165, 1.54) is 13.2 Å². The number of hydrogen-bond acceptors (Lipinski definition) is 3. The highest BCUT2D eigenvalue weighted by Gasteiger charge is 2.18. The summed E-state index contributed by atoms with van der Waals surface area (Å²) < 4.78 is 17.9. The van der Waals surface area contributed by atoms with Gasteiger partial charge in [0.1, 0.15) is 0 Å². The fourth-order valence-corrected chi connectivity index (χ4v) is 1.35. The number of hydrogen-bond donors (Lipinski definition) is 1. The second-order valence-electron chi connectivity index (χ2n) is 2.56. The van der Waals surface area contributed by atoms with E-state index < -0.39 is 11.6 Å². The molecule has 0 radical (unpaired) electrons. The normalized spacial score (nSPS) is 10.0. The molecule has 0 heterocycles. The van der Waals surface area contributed by atoms with Crippen molar-refractivity contribution in [1.29, 1.82) is 0 Å². The Morgan fingerprint density at radius 3 is 2.79 bits per heavy atom. The van der Waals surface area contributed by atoms with E-state index in [2.05, 4.69) is 0 Å². The fraction of sp³-hybridized carbons (Fsp3) is 0.222. The van der Waals surface area contributed by atoms with Crippen LogP contribution in [-0.2, 0) is 0 Å². The third-order valence-corrected chi connectivity index (χ3v) is 2.04. The van der Waals surface area contributed by atoms with Gasteiger partial charge in [-0.25, -0.2) is 4.39 Å². The lowest BCUT2D eigenvalue weighted by atomic mass is 10.1. The molecule has 0 amide bonds. The van der Waals surface area contributed by atoms with E-state index in [0.717, 1.165) is 6.07 Å². The second-order valence-corrected chi connectivity index (χ2v) is 2.97. The molecule has 0 fully saturated rings. The molecule has 0 atom stereocenters. The smallest absolute Gasteiger partial charge is 0.181 e. The first-order valence-corrected chi connectivity index (χ1v) is 4.24. The van der Waals surface area contributed by atoms with E-state index in [-0.39, 0.29) is 22.9 Å². The Balaban J connectivity index is 3.37. The average Bonchev–Trinajstić information content (AvgIpc) is 2.19. The van der Waals surface area contributed by atoms with Crippen LogP contribution in [-0.4, -0.2) is 19.4 Å². The van der Waals surface area contributed by atoms with Crippen LogP contribution in [0.15, 0.2) is 12.1 Å². The Bertz CT molecular complexity index is 368. The molecule has 0 aromatic heterocycles. The first-order valence-electron chi connectivity index (χ1n) is 3.87. The number of ketones is 1. The number of carbonyl (C=O) groups excluding carboxylic acids is 1. The molecular formula is C9H9ClFNO2. The maximum absolute atomic E-state index is 13.2. The number of ether oxygens (including phenoxy) is 1. The van der Waals surface area contributed by atoms with Crippen LogP contribution < -0.4 is 10.5 Å². The molecule has 0 aliphatic heterocycles. The van der Waals surface area contributed by atoms with Gasteiger partial charge in [-0.05, 0) is 12.1 Å². The fourth-order valence-electron chi connectivity index (χ4n) is 1.09. The first kappa shape index (κ1) is 10.9. The van der Waals surface area contributed by atoms with Crippen molar-refractivity contribution < 1.29 is 13.9 Å². The lowest BCUT2D eigenvalue weighted by Gasteiger charge is -2.09. The van der Waals surface area contributed by atoms with Gasteiger partial charge in [-0.2, -0.15) is 0 Å². The lowest BCUT2D eigenvalue weighted by Crippen LogP contribution is -2.15. The molecule has 0 saturated carbocycles. The number of carbonyl (C=O) groups is 1. The van der Waals surface area contributed by atoms with E-state index in [1.807, 2.05) is 0 Å². The number of halogens is 2. The quantitative estimate of drug-likeness (QED) is 0.783. The number of methoxy groups -OCH3 is 1. The minimum Gasteiger partial charge on any atom is -0.493 e. The number of Topliss-reactive ketones (excluding diaryl/α,β-unsaturated/α-hetero) is 1. The van der Waals surface area contributed by atoms with Gasteiger partial charge in [-0.15, -0.1) is 0 Å². The van der Waals surface area contributed by atoms with Crippen LogP contribution in [0.25, 0.3) is 0 Å². The molecule has 1 rings (SSSR count). The van der Waals surface area contributed by atoms with Crippen LogP contribution in [0.2, 0.25) is 5.02 Å². The molecule has 0 saturated heterocycles. The molecule has 5 heteroatoms. The van der Waals surface area contributed by atoms with Crippen molar-refractivity contribution in [3.8, 4) is 5.75 Å². The van der Waals surface area contributed by atoms with Crippen molar-refractivity contribution >= 4 is 17.4 Å². The summed E-state index contributed by atoms with van der Waals surface area (Å²) in [4.78, 5) is 11.3. The summed E-state index contributed by atoms with van der Waals surface area (Å²) in [5.41, 5.74) is 5.16. The highest BCUT2D eigenvalue weighted by atomic mass is 35.5. The Morgan fingerprint density at radius 1 is 1.64 bits per heavy atom. The second kappa shape index (κ2) is 4.39. The van der Waals surface area contributed by atoms with Crippen molar-refractivity contribution in [2.24, 2.45) is 5.73 Å². The van der Waals surface area contributed by atoms with Crippen molar-refractivity contribution in [2.45, 2.75) is 0 Å². The van der Waals surface area contributed by atoms with Crippen LogP contribution in [0.3, 0.4) is 0 Å². The number of benzene rings is 1. The zero-order valence-corrected chi connectivity index (χ0v) is 8.27. The molecule has 0 spiro atoms. The predicted octanol–water partition coefficient (Wildman–Crippen LogP) is 1.63. The van der Waals surface area contributed by atoms with E-state index in [1.54, 1.807) is 0 Å². The summed E-state index contributed by atoms with van der Waals surface area (Å²) in [5.74, 6) is -1.24. The Kier molecular flexibility index (Phi) is 3.43. The van der Waals surface area contributed by atoms with Crippen LogP contribution in [0.5, 0.6) is 5.75 Å². The summed E-state index contributed by atoms with van der Waals surface area (Å²) in [6.07, 6.45) is 0. The SMILES string of the molecule is COc1c(F)ccc(Cl)c1C(=O)CN. The summed E-state index contributed by atoms with van der Waals surface area (Å²) in [7, 11) is 1.27. The molecule has 14 heavy (non-hydrogen) atoms. The Hall–Kier alpha value is -1.13. The van der Waals surface area contributed by atoms with Crippen molar-refractivity contribution in [3.05, 3.63) is 28.5 Å². The molecular weight excluding hydrogens is 209 g/mol. The van der Waals surface area contributed by atoms with Gasteiger partial charge < -0.3 is 10.5 Å². The van der Waals surface area contributed by atoms with Gasteiger partial charge in [0, 0.05) is 0 Å². The van der Waals surface area contributed by atoms with Crippen molar-refractivity contribution in [3.63, 3.8) is 0 Å². The Morgan fingerprint density at radius 2 is 2.29 bits per heavy atom. The predicted molar refractivity (Wildman–Crippen MR) is 51.3 cm³/mol. The monoisotopic (exact) mass is 217 g/mol. The molecule has 1 aromatic rings. The summed E-state index contributed by atoms with van der Waals surface area (Å²) in [6.45, 7) is -0.237. The van der Waals surface area contributed by atoms with Gasteiger partial charge in [0.25, 0.3) is 0 Å². The van der Waals surface area contributed by atoms with Crippen LogP contribution >= 0.6 is 11.6 Å². The minimum atomic E-state index is -0.631.